The molecule has 1 aromatic heterocycles. The van der Waals surface area contributed by atoms with Crippen LogP contribution >= 0.6 is 11.3 Å². The van der Waals surface area contributed by atoms with Crippen LogP contribution in [0, 0.1) is 0 Å². The Kier molecular flexibility index (Phi) is 8.25. The number of carbonyl (C=O) groups excluding carboxylic acids is 2. The molecule has 0 bridgehead atoms. The van der Waals surface area contributed by atoms with E-state index in [0.29, 0.717) is 24.4 Å². The molecule has 6 heteroatoms. The molecule has 0 aromatic carbocycles. The molecular weight excluding hydrogens is 322 g/mol. The SMILES string of the molecule is CN(CCCNC(=O)CCNC(=O)c1cccs1)C1CCCCC1. The number of nitrogens with one attached hydrogen (secondary N) is 2. The molecular formula is C18H29N3O2S. The second-order valence-corrected chi connectivity index (χ2v) is 7.41. The van der Waals surface area contributed by atoms with E-state index in [1.807, 2.05) is 11.4 Å². The van der Waals surface area contributed by atoms with Crippen LogP contribution in [0.1, 0.15) is 54.6 Å². The minimum Gasteiger partial charge on any atom is -0.356 e. The summed E-state index contributed by atoms with van der Waals surface area (Å²) >= 11 is 1.40. The van der Waals surface area contributed by atoms with E-state index < -0.39 is 0 Å². The molecule has 1 aliphatic rings. The second-order valence-electron chi connectivity index (χ2n) is 6.46. The van der Waals surface area contributed by atoms with E-state index in [2.05, 4.69) is 22.6 Å². The van der Waals surface area contributed by atoms with Crippen molar-refractivity contribution in [3.05, 3.63) is 22.4 Å². The van der Waals surface area contributed by atoms with Gasteiger partial charge in [-0.15, -0.1) is 11.3 Å². The van der Waals surface area contributed by atoms with Gasteiger partial charge >= 0.3 is 0 Å². The topological polar surface area (TPSA) is 61.4 Å². The highest BCUT2D eigenvalue weighted by Crippen LogP contribution is 2.21. The zero-order valence-electron chi connectivity index (χ0n) is 14.6. The van der Waals surface area contributed by atoms with Gasteiger partial charge in [0.05, 0.1) is 4.88 Å². The Balaban J connectivity index is 1.49. The first-order chi connectivity index (χ1) is 11.7. The van der Waals surface area contributed by atoms with E-state index in [1.165, 1.54) is 43.4 Å². The van der Waals surface area contributed by atoms with Gasteiger partial charge in [0.2, 0.25) is 5.91 Å². The first-order valence-electron chi connectivity index (χ1n) is 8.95. The van der Waals surface area contributed by atoms with Gasteiger partial charge in [0.1, 0.15) is 0 Å². The lowest BCUT2D eigenvalue weighted by Gasteiger charge is -2.31. The Morgan fingerprint density at radius 1 is 1.21 bits per heavy atom. The van der Waals surface area contributed by atoms with Gasteiger partial charge in [-0.05, 0) is 44.3 Å². The predicted molar refractivity (Wildman–Crippen MR) is 98.4 cm³/mol. The summed E-state index contributed by atoms with van der Waals surface area (Å²) in [7, 11) is 2.19. The zero-order chi connectivity index (χ0) is 17.2. The largest absolute Gasteiger partial charge is 0.356 e. The van der Waals surface area contributed by atoms with E-state index in [9.17, 15) is 9.59 Å². The minimum absolute atomic E-state index is 0.00167. The molecule has 2 amide bonds. The summed E-state index contributed by atoms with van der Waals surface area (Å²) in [6, 6.07) is 4.35. The Morgan fingerprint density at radius 2 is 2.00 bits per heavy atom. The molecule has 1 saturated carbocycles. The monoisotopic (exact) mass is 351 g/mol. The van der Waals surface area contributed by atoms with Gasteiger partial charge in [0.15, 0.2) is 0 Å². The average molecular weight is 352 g/mol. The van der Waals surface area contributed by atoms with Crippen molar-refractivity contribution in [2.75, 3.05) is 26.7 Å². The van der Waals surface area contributed by atoms with Crippen molar-refractivity contribution in [2.24, 2.45) is 0 Å². The van der Waals surface area contributed by atoms with E-state index in [4.69, 9.17) is 0 Å². The fourth-order valence-corrected chi connectivity index (χ4v) is 3.77. The zero-order valence-corrected chi connectivity index (χ0v) is 15.4. The van der Waals surface area contributed by atoms with Gasteiger partial charge in [-0.2, -0.15) is 0 Å². The summed E-state index contributed by atoms with van der Waals surface area (Å²) in [6.45, 7) is 2.11. The van der Waals surface area contributed by atoms with Crippen LogP contribution in [0.4, 0.5) is 0 Å². The molecule has 5 nitrogen and oxygen atoms in total. The number of amides is 2. The molecule has 0 aliphatic heterocycles. The van der Waals surface area contributed by atoms with Crippen LogP contribution in [-0.4, -0.2) is 49.4 Å². The van der Waals surface area contributed by atoms with Gasteiger partial charge in [0.25, 0.3) is 5.91 Å². The first-order valence-corrected chi connectivity index (χ1v) is 9.83. The number of thiophene rings is 1. The van der Waals surface area contributed by atoms with Crippen molar-refractivity contribution in [1.29, 1.82) is 0 Å². The lowest BCUT2D eigenvalue weighted by atomic mass is 9.94. The third-order valence-electron chi connectivity index (χ3n) is 4.59. The van der Waals surface area contributed by atoms with Crippen LogP contribution in [0.25, 0.3) is 0 Å². The second kappa shape index (κ2) is 10.5. The Hall–Kier alpha value is -1.40. The minimum atomic E-state index is -0.105. The Morgan fingerprint density at radius 3 is 2.71 bits per heavy atom. The van der Waals surface area contributed by atoms with Gasteiger partial charge < -0.3 is 15.5 Å². The molecule has 1 fully saturated rings. The standard InChI is InChI=1S/C18H29N3O2S/c1-21(15-7-3-2-4-8-15)13-6-11-19-17(22)10-12-20-18(23)16-9-5-14-24-16/h5,9,14-15H,2-4,6-8,10-13H2,1H3,(H,19,22)(H,20,23). The van der Waals surface area contributed by atoms with Crippen molar-refractivity contribution in [1.82, 2.24) is 15.5 Å². The van der Waals surface area contributed by atoms with Crippen LogP contribution in [0.2, 0.25) is 0 Å². The number of hydrogen-bond donors (Lipinski definition) is 2. The number of hydrogen-bond acceptors (Lipinski definition) is 4. The molecule has 0 unspecified atom stereocenters. The van der Waals surface area contributed by atoms with Crippen molar-refractivity contribution in [2.45, 2.75) is 51.0 Å². The summed E-state index contributed by atoms with van der Waals surface area (Å²) in [6.07, 6.45) is 8.00. The normalized spacial score (nSPS) is 15.4. The number of carbonyl (C=O) groups is 2. The highest BCUT2D eigenvalue weighted by molar-refractivity contribution is 7.12. The van der Waals surface area contributed by atoms with Crippen molar-refractivity contribution >= 4 is 23.2 Å². The molecule has 1 heterocycles. The summed E-state index contributed by atoms with van der Waals surface area (Å²) in [5.41, 5.74) is 0. The molecule has 2 rings (SSSR count). The first kappa shape index (κ1) is 18.9. The molecule has 134 valence electrons. The van der Waals surface area contributed by atoms with Gasteiger partial charge in [-0.3, -0.25) is 9.59 Å². The molecule has 1 aromatic rings. The molecule has 1 aliphatic carbocycles. The average Bonchev–Trinajstić information content (AvgIpc) is 3.14. The van der Waals surface area contributed by atoms with Crippen molar-refractivity contribution in [3.63, 3.8) is 0 Å². The third-order valence-corrected chi connectivity index (χ3v) is 5.46. The quantitative estimate of drug-likeness (QED) is 0.672. The van der Waals surface area contributed by atoms with Crippen LogP contribution in [-0.2, 0) is 4.79 Å². The molecule has 0 saturated heterocycles. The van der Waals surface area contributed by atoms with Gasteiger partial charge in [-0.25, -0.2) is 0 Å². The molecule has 0 spiro atoms. The Bertz CT molecular complexity index is 498. The van der Waals surface area contributed by atoms with Crippen LogP contribution < -0.4 is 10.6 Å². The maximum atomic E-state index is 11.8. The fourth-order valence-electron chi connectivity index (χ4n) is 3.13. The van der Waals surface area contributed by atoms with E-state index in [-0.39, 0.29) is 11.8 Å². The predicted octanol–water partition coefficient (Wildman–Crippen LogP) is 2.64. The molecule has 2 N–H and O–H groups in total. The summed E-state index contributed by atoms with van der Waals surface area (Å²) in [4.78, 5) is 26.6. The molecule has 0 radical (unpaired) electrons. The summed E-state index contributed by atoms with van der Waals surface area (Å²) in [5.74, 6) is -0.103. The van der Waals surface area contributed by atoms with Crippen molar-refractivity contribution < 1.29 is 9.59 Å². The lowest BCUT2D eigenvalue weighted by molar-refractivity contribution is -0.120. The third kappa shape index (κ3) is 6.61. The number of nitrogens with zero attached hydrogens (tertiary/aromatic N) is 1. The number of rotatable bonds is 9. The smallest absolute Gasteiger partial charge is 0.261 e. The van der Waals surface area contributed by atoms with E-state index in [1.54, 1.807) is 6.07 Å². The van der Waals surface area contributed by atoms with E-state index in [0.717, 1.165) is 19.0 Å². The maximum Gasteiger partial charge on any atom is 0.261 e. The van der Waals surface area contributed by atoms with Crippen LogP contribution in [0.3, 0.4) is 0 Å². The maximum absolute atomic E-state index is 11.8. The summed E-state index contributed by atoms with van der Waals surface area (Å²) in [5, 5.41) is 7.57. The molecule has 0 atom stereocenters. The van der Waals surface area contributed by atoms with Crippen LogP contribution in [0.5, 0.6) is 0 Å². The van der Waals surface area contributed by atoms with Gasteiger partial charge in [0, 0.05) is 25.6 Å². The highest BCUT2D eigenvalue weighted by Gasteiger charge is 2.17. The molecule has 24 heavy (non-hydrogen) atoms. The van der Waals surface area contributed by atoms with E-state index >= 15 is 0 Å². The Labute approximate surface area is 148 Å². The fraction of sp³-hybridized carbons (Fsp3) is 0.667. The highest BCUT2D eigenvalue weighted by atomic mass is 32.1. The van der Waals surface area contributed by atoms with Crippen molar-refractivity contribution in [3.8, 4) is 0 Å². The van der Waals surface area contributed by atoms with Crippen LogP contribution in [0.15, 0.2) is 17.5 Å². The lowest BCUT2D eigenvalue weighted by Crippen LogP contribution is -2.36. The van der Waals surface area contributed by atoms with Gasteiger partial charge in [-0.1, -0.05) is 25.3 Å². The summed E-state index contributed by atoms with van der Waals surface area (Å²) < 4.78 is 0.